The van der Waals surface area contributed by atoms with Crippen LogP contribution in [0.5, 0.6) is 17.2 Å². The van der Waals surface area contributed by atoms with E-state index >= 15 is 0 Å². The number of para-hydroxylation sites is 1. The van der Waals surface area contributed by atoms with Gasteiger partial charge in [-0.1, -0.05) is 30.3 Å². The van der Waals surface area contributed by atoms with Crippen molar-refractivity contribution in [2.45, 2.75) is 0 Å². The zero-order valence-electron chi connectivity index (χ0n) is 15.5. The lowest BCUT2D eigenvalue weighted by Gasteiger charge is -2.07. The number of aliphatic hydroxyl groups is 1. The molecule has 2 aromatic carbocycles. The Morgan fingerprint density at radius 3 is 2.26 bits per heavy atom. The quantitative estimate of drug-likeness (QED) is 0.425. The number of carbonyl (C=O) groups excluding carboxylic acids is 1. The molecular formula is C22H22O5. The highest BCUT2D eigenvalue weighted by atomic mass is 16.5. The largest absolute Gasteiger partial charge is 0.508 e. The minimum atomic E-state index is -0.338. The smallest absolute Gasteiger partial charge is 0.182 e. The molecule has 0 aromatic heterocycles. The highest BCUT2D eigenvalue weighted by Crippen LogP contribution is 2.28. The van der Waals surface area contributed by atoms with Gasteiger partial charge in [0.25, 0.3) is 0 Å². The van der Waals surface area contributed by atoms with E-state index in [1.165, 1.54) is 12.2 Å². The second kappa shape index (κ2) is 9.87. The monoisotopic (exact) mass is 366 g/mol. The molecule has 140 valence electrons. The molecule has 0 amide bonds. The van der Waals surface area contributed by atoms with E-state index in [0.29, 0.717) is 17.2 Å². The van der Waals surface area contributed by atoms with Gasteiger partial charge >= 0.3 is 0 Å². The van der Waals surface area contributed by atoms with E-state index in [1.54, 1.807) is 45.6 Å². The SMILES string of the molecule is COc1ccccc1/C=C/C(=O)/C=C(O)/C=C/c1ccc(OC)c(OC)c1. The van der Waals surface area contributed by atoms with Crippen LogP contribution in [-0.4, -0.2) is 32.2 Å². The molecule has 0 atom stereocenters. The van der Waals surface area contributed by atoms with Crippen LogP contribution in [0.25, 0.3) is 12.2 Å². The summed E-state index contributed by atoms with van der Waals surface area (Å²) in [5, 5.41) is 9.95. The summed E-state index contributed by atoms with van der Waals surface area (Å²) in [5.41, 5.74) is 1.58. The Kier molecular flexibility index (Phi) is 7.26. The molecule has 0 radical (unpaired) electrons. The Morgan fingerprint density at radius 1 is 0.852 bits per heavy atom. The normalized spacial score (nSPS) is 11.7. The molecule has 1 N–H and O–H groups in total. The summed E-state index contributed by atoms with van der Waals surface area (Å²) in [6.45, 7) is 0. The van der Waals surface area contributed by atoms with Crippen LogP contribution >= 0.6 is 0 Å². The molecule has 0 fully saturated rings. The van der Waals surface area contributed by atoms with Gasteiger partial charge in [0, 0.05) is 11.6 Å². The molecule has 2 aromatic rings. The lowest BCUT2D eigenvalue weighted by Crippen LogP contribution is -1.91. The van der Waals surface area contributed by atoms with Gasteiger partial charge in [-0.2, -0.15) is 0 Å². The fourth-order valence-corrected chi connectivity index (χ4v) is 2.36. The van der Waals surface area contributed by atoms with Gasteiger partial charge in [-0.25, -0.2) is 0 Å². The van der Waals surface area contributed by atoms with E-state index in [0.717, 1.165) is 17.2 Å². The first-order valence-corrected chi connectivity index (χ1v) is 8.23. The lowest BCUT2D eigenvalue weighted by molar-refractivity contribution is -0.110. The number of rotatable bonds is 8. The van der Waals surface area contributed by atoms with Crippen molar-refractivity contribution in [3.05, 3.63) is 77.6 Å². The van der Waals surface area contributed by atoms with Crippen molar-refractivity contribution >= 4 is 17.9 Å². The van der Waals surface area contributed by atoms with Gasteiger partial charge in [-0.15, -0.1) is 0 Å². The Morgan fingerprint density at radius 2 is 1.56 bits per heavy atom. The van der Waals surface area contributed by atoms with Crippen molar-refractivity contribution in [2.75, 3.05) is 21.3 Å². The van der Waals surface area contributed by atoms with Crippen LogP contribution in [0.15, 0.2) is 66.5 Å². The average molecular weight is 366 g/mol. The van der Waals surface area contributed by atoms with Crippen molar-refractivity contribution in [3.63, 3.8) is 0 Å². The standard InChI is InChI=1S/C22H22O5/c1-25-20-7-5-4-6-17(20)10-12-19(24)15-18(23)11-8-16-9-13-21(26-2)22(14-16)27-3/h4-15,23H,1-3H3/b11-8+,12-10+,18-15-. The van der Waals surface area contributed by atoms with Gasteiger partial charge < -0.3 is 19.3 Å². The first-order valence-electron chi connectivity index (χ1n) is 8.23. The van der Waals surface area contributed by atoms with Gasteiger partial charge in [-0.05, 0) is 42.0 Å². The number of hydrogen-bond acceptors (Lipinski definition) is 5. The third-order valence-electron chi connectivity index (χ3n) is 3.71. The molecule has 0 aliphatic rings. The van der Waals surface area contributed by atoms with E-state index in [1.807, 2.05) is 30.3 Å². The Bertz CT molecular complexity index is 878. The molecule has 0 aliphatic heterocycles. The average Bonchev–Trinajstić information content (AvgIpc) is 2.70. The van der Waals surface area contributed by atoms with Crippen LogP contribution in [0.2, 0.25) is 0 Å². The summed E-state index contributed by atoms with van der Waals surface area (Å²) >= 11 is 0. The molecule has 0 aliphatic carbocycles. The van der Waals surface area contributed by atoms with E-state index in [-0.39, 0.29) is 11.5 Å². The third-order valence-corrected chi connectivity index (χ3v) is 3.71. The van der Waals surface area contributed by atoms with Gasteiger partial charge in [-0.3, -0.25) is 4.79 Å². The summed E-state index contributed by atoms with van der Waals surface area (Å²) in [5.74, 6) is 1.38. The van der Waals surface area contributed by atoms with Gasteiger partial charge in [0.05, 0.1) is 21.3 Å². The van der Waals surface area contributed by atoms with Crippen LogP contribution in [0.3, 0.4) is 0 Å². The van der Waals surface area contributed by atoms with Crippen molar-refractivity contribution in [1.29, 1.82) is 0 Å². The molecule has 5 nitrogen and oxygen atoms in total. The highest BCUT2D eigenvalue weighted by Gasteiger charge is 2.03. The molecule has 0 spiro atoms. The zero-order valence-corrected chi connectivity index (χ0v) is 15.5. The topological polar surface area (TPSA) is 65.0 Å². The summed E-state index contributed by atoms with van der Waals surface area (Å²) in [4.78, 5) is 12.0. The predicted octanol–water partition coefficient (Wildman–Crippen LogP) is 4.45. The molecule has 27 heavy (non-hydrogen) atoms. The summed E-state index contributed by atoms with van der Waals surface area (Å²) in [6, 6.07) is 12.7. The maximum absolute atomic E-state index is 12.0. The Hall–Kier alpha value is -3.47. The molecule has 2 rings (SSSR count). The van der Waals surface area contributed by atoms with Crippen molar-refractivity contribution in [3.8, 4) is 17.2 Å². The maximum atomic E-state index is 12.0. The van der Waals surface area contributed by atoms with E-state index < -0.39 is 0 Å². The van der Waals surface area contributed by atoms with Gasteiger partial charge in [0.2, 0.25) is 0 Å². The van der Waals surface area contributed by atoms with Crippen molar-refractivity contribution < 1.29 is 24.1 Å². The fraction of sp³-hybridized carbons (Fsp3) is 0.136. The number of carbonyl (C=O) groups is 1. The molecule has 0 bridgehead atoms. The van der Waals surface area contributed by atoms with Gasteiger partial charge in [0.15, 0.2) is 17.3 Å². The molecule has 5 heteroatoms. The second-order valence-corrected chi connectivity index (χ2v) is 5.49. The first kappa shape index (κ1) is 19.8. The van der Waals surface area contributed by atoms with Crippen LogP contribution in [0, 0.1) is 0 Å². The number of methoxy groups -OCH3 is 3. The third kappa shape index (κ3) is 5.78. The van der Waals surface area contributed by atoms with E-state index in [4.69, 9.17) is 14.2 Å². The summed E-state index contributed by atoms with van der Waals surface area (Å²) in [7, 11) is 4.68. The van der Waals surface area contributed by atoms with Crippen LogP contribution in [0.1, 0.15) is 11.1 Å². The lowest BCUT2D eigenvalue weighted by atomic mass is 10.1. The van der Waals surface area contributed by atoms with E-state index in [9.17, 15) is 9.90 Å². The maximum Gasteiger partial charge on any atom is 0.182 e. The van der Waals surface area contributed by atoms with Crippen molar-refractivity contribution in [1.82, 2.24) is 0 Å². The molecule has 0 saturated carbocycles. The second-order valence-electron chi connectivity index (χ2n) is 5.49. The zero-order chi connectivity index (χ0) is 19.6. The number of ether oxygens (including phenoxy) is 3. The number of ketones is 1. The molecule has 0 unspecified atom stereocenters. The number of benzene rings is 2. The van der Waals surface area contributed by atoms with Gasteiger partial charge in [0.1, 0.15) is 11.5 Å². The number of allylic oxidation sites excluding steroid dienone is 3. The molecular weight excluding hydrogens is 344 g/mol. The minimum Gasteiger partial charge on any atom is -0.508 e. The first-order chi connectivity index (χ1) is 13.1. The van der Waals surface area contributed by atoms with Crippen LogP contribution in [0.4, 0.5) is 0 Å². The molecule has 0 heterocycles. The minimum absolute atomic E-state index is 0.153. The van der Waals surface area contributed by atoms with Crippen LogP contribution in [-0.2, 0) is 4.79 Å². The summed E-state index contributed by atoms with van der Waals surface area (Å²) in [6.07, 6.45) is 7.27. The van der Waals surface area contributed by atoms with E-state index in [2.05, 4.69) is 0 Å². The summed E-state index contributed by atoms with van der Waals surface area (Å²) < 4.78 is 15.6. The number of aliphatic hydroxyl groups excluding tert-OH is 1. The number of hydrogen-bond donors (Lipinski definition) is 1. The Labute approximate surface area is 158 Å². The molecule has 0 saturated heterocycles. The van der Waals surface area contributed by atoms with Crippen molar-refractivity contribution in [2.24, 2.45) is 0 Å². The highest BCUT2D eigenvalue weighted by molar-refractivity contribution is 6.02. The Balaban J connectivity index is 2.07. The fourth-order valence-electron chi connectivity index (χ4n) is 2.36. The van der Waals surface area contributed by atoms with Crippen LogP contribution < -0.4 is 14.2 Å². The predicted molar refractivity (Wildman–Crippen MR) is 106 cm³/mol.